The molecule has 0 aliphatic carbocycles. The third-order valence-electron chi connectivity index (χ3n) is 8.36. The van der Waals surface area contributed by atoms with Crippen LogP contribution in [0.2, 0.25) is 0 Å². The Bertz CT molecular complexity index is 2010. The molecule has 0 bridgehead atoms. The minimum Gasteiger partial charge on any atom is -0.481 e. The molecule has 1 atom stereocenters. The molecule has 1 aliphatic rings. The molecule has 0 saturated carbocycles. The molecule has 0 fully saturated rings. The van der Waals surface area contributed by atoms with Crippen LogP contribution in [0.15, 0.2) is 78.9 Å². The number of nitrogens with zero attached hydrogens (tertiary/aromatic N) is 3. The van der Waals surface area contributed by atoms with Crippen LogP contribution in [-0.4, -0.2) is 42.0 Å². The van der Waals surface area contributed by atoms with Gasteiger partial charge >= 0.3 is 5.97 Å². The highest BCUT2D eigenvalue weighted by atomic mass is 32.2. The second-order valence-corrected chi connectivity index (χ2v) is 15.0. The first-order chi connectivity index (χ1) is 23.1. The molecule has 1 aromatic heterocycles. The summed E-state index contributed by atoms with van der Waals surface area (Å²) in [6, 6.07) is 26.8. The summed E-state index contributed by atoms with van der Waals surface area (Å²) in [4.78, 5) is 12.1. The van der Waals surface area contributed by atoms with Crippen LogP contribution in [0.1, 0.15) is 59.8 Å². The predicted molar refractivity (Wildman–Crippen MR) is 201 cm³/mol. The number of aliphatic carboxylic acids is 1. The number of aryl methyl sites for hydroxylation is 2. The number of benzene rings is 4. The third-order valence-corrected chi connectivity index (χ3v) is 9.30. The van der Waals surface area contributed by atoms with Gasteiger partial charge in [0.2, 0.25) is 0 Å². The van der Waals surface area contributed by atoms with Gasteiger partial charge in [0.1, 0.15) is 16.8 Å². The van der Waals surface area contributed by atoms with E-state index in [9.17, 15) is 14.1 Å². The van der Waals surface area contributed by atoms with Crippen molar-refractivity contribution < 1.29 is 19.2 Å². The average molecular weight is 679 g/mol. The van der Waals surface area contributed by atoms with E-state index in [0.29, 0.717) is 13.1 Å². The van der Waals surface area contributed by atoms with Gasteiger partial charge in [0, 0.05) is 23.6 Å². The number of carbonyl (C=O) groups is 1. The van der Waals surface area contributed by atoms with Gasteiger partial charge in [-0.15, -0.1) is 0 Å². The largest absolute Gasteiger partial charge is 0.481 e. The van der Waals surface area contributed by atoms with E-state index in [0.717, 1.165) is 73.0 Å². The number of aromatic nitrogens is 2. The van der Waals surface area contributed by atoms with Crippen LogP contribution in [-0.2, 0) is 35.3 Å². The highest BCUT2D eigenvalue weighted by Crippen LogP contribution is 2.49. The molecule has 0 saturated heterocycles. The first-order valence-corrected chi connectivity index (χ1v) is 17.9. The Balaban J connectivity index is 0.000000874. The number of fused-ring (bicyclic) bond motifs is 3. The van der Waals surface area contributed by atoms with Gasteiger partial charge in [0.15, 0.2) is 0 Å². The summed E-state index contributed by atoms with van der Waals surface area (Å²) in [5, 5.41) is 26.7. The SMILES string of the molecule is CC(C)(C)O.Cc1ccc(-c2c(C)c3c(c(C)c2CC(=O)O)N(S(C)=O)Cc2cc(Nc4cc(C)nn4Cc4ccccc4)ccc2-3)cc1. The summed E-state index contributed by atoms with van der Waals surface area (Å²) in [7, 11) is -1.33. The second kappa shape index (κ2) is 14.4. The molecule has 9 heteroatoms. The first kappa shape index (κ1) is 35.6. The van der Waals surface area contributed by atoms with E-state index in [1.165, 1.54) is 5.56 Å². The number of nitrogens with one attached hydrogen (secondary N) is 1. The van der Waals surface area contributed by atoms with E-state index in [1.54, 1.807) is 27.0 Å². The summed E-state index contributed by atoms with van der Waals surface area (Å²) >= 11 is 0. The molecule has 3 N–H and O–H groups in total. The van der Waals surface area contributed by atoms with Gasteiger partial charge in [0.25, 0.3) is 0 Å². The topological polar surface area (TPSA) is 108 Å². The summed E-state index contributed by atoms with van der Waals surface area (Å²) in [6.07, 6.45) is 1.57. The van der Waals surface area contributed by atoms with Crippen molar-refractivity contribution >= 4 is 34.1 Å². The molecule has 4 aromatic carbocycles. The van der Waals surface area contributed by atoms with Crippen LogP contribution >= 0.6 is 0 Å². The van der Waals surface area contributed by atoms with Crippen molar-refractivity contribution in [3.63, 3.8) is 0 Å². The maximum Gasteiger partial charge on any atom is 0.307 e. The number of aliphatic hydroxyl groups is 1. The van der Waals surface area contributed by atoms with Crippen molar-refractivity contribution in [3.8, 4) is 22.3 Å². The van der Waals surface area contributed by atoms with Crippen LogP contribution in [0.4, 0.5) is 17.2 Å². The highest BCUT2D eigenvalue weighted by Gasteiger charge is 2.32. The number of hydrogen-bond acceptors (Lipinski definition) is 5. The maximum absolute atomic E-state index is 13.3. The number of carboxylic acids is 1. The van der Waals surface area contributed by atoms with Crippen molar-refractivity contribution in [2.45, 2.75) is 73.6 Å². The molecule has 8 nitrogen and oxygen atoms in total. The van der Waals surface area contributed by atoms with Gasteiger partial charge in [-0.05, 0) is 105 Å². The fourth-order valence-corrected chi connectivity index (χ4v) is 7.15. The Hall–Kier alpha value is -4.73. The van der Waals surface area contributed by atoms with Crippen LogP contribution in [0.25, 0.3) is 22.3 Å². The molecule has 5 aromatic rings. The van der Waals surface area contributed by atoms with Gasteiger partial charge in [0.05, 0.1) is 36.5 Å². The zero-order chi connectivity index (χ0) is 35.6. The zero-order valence-electron chi connectivity index (χ0n) is 29.6. The lowest BCUT2D eigenvalue weighted by atomic mass is 9.81. The molecular weight excluding hydrogens is 633 g/mol. The van der Waals surface area contributed by atoms with Gasteiger partial charge in [-0.3, -0.25) is 9.10 Å². The summed E-state index contributed by atoms with van der Waals surface area (Å²) in [6.45, 7) is 14.4. The van der Waals surface area contributed by atoms with Gasteiger partial charge in [-0.1, -0.05) is 66.2 Å². The van der Waals surface area contributed by atoms with Crippen LogP contribution in [0.5, 0.6) is 0 Å². The van der Waals surface area contributed by atoms with Crippen molar-refractivity contribution in [1.29, 1.82) is 0 Å². The Morgan fingerprint density at radius 1 is 0.918 bits per heavy atom. The van der Waals surface area contributed by atoms with Crippen LogP contribution in [0.3, 0.4) is 0 Å². The minimum absolute atomic E-state index is 0.112. The van der Waals surface area contributed by atoms with Crippen molar-refractivity contribution in [1.82, 2.24) is 9.78 Å². The smallest absolute Gasteiger partial charge is 0.307 e. The molecule has 1 unspecified atom stereocenters. The lowest BCUT2D eigenvalue weighted by Gasteiger charge is -2.35. The Morgan fingerprint density at radius 3 is 2.18 bits per heavy atom. The molecule has 0 amide bonds. The molecule has 6 rings (SSSR count). The summed E-state index contributed by atoms with van der Waals surface area (Å²) in [5.41, 5.74) is 12.1. The van der Waals surface area contributed by atoms with E-state index in [1.807, 2.05) is 54.0 Å². The first-order valence-electron chi connectivity index (χ1n) is 16.4. The lowest BCUT2D eigenvalue weighted by Crippen LogP contribution is -2.30. The summed E-state index contributed by atoms with van der Waals surface area (Å²) in [5.74, 6) is 0.00378. The van der Waals surface area contributed by atoms with Gasteiger partial charge < -0.3 is 15.5 Å². The fourth-order valence-electron chi connectivity index (χ4n) is 6.34. The average Bonchev–Trinajstić information content (AvgIpc) is 3.36. The minimum atomic E-state index is -1.33. The van der Waals surface area contributed by atoms with Crippen molar-refractivity contribution in [3.05, 3.63) is 118 Å². The quantitative estimate of drug-likeness (QED) is 0.153. The summed E-state index contributed by atoms with van der Waals surface area (Å²) < 4.78 is 17.1. The van der Waals surface area contributed by atoms with Crippen molar-refractivity contribution in [2.24, 2.45) is 0 Å². The standard InChI is InChI=1S/C36H36N4O3S.C4H10O/c1-22-11-13-27(14-12-22)34-25(4)35-30-16-15-29(37-32-17-23(2)38-39(32)20-26-9-7-6-8-10-26)18-28(30)21-40(44(5)43)36(35)24(3)31(34)19-33(41)42;1-4(2,3)5/h6-18,37H,19-21H2,1-5H3,(H,41,42);5H,1-3H3. The van der Waals surface area contributed by atoms with Crippen molar-refractivity contribution in [2.75, 3.05) is 15.9 Å². The van der Waals surface area contributed by atoms with Gasteiger partial charge in [-0.2, -0.15) is 5.10 Å². The fraction of sp³-hybridized carbons (Fsp3) is 0.300. The van der Waals surface area contributed by atoms with Crippen LogP contribution in [0, 0.1) is 27.7 Å². The monoisotopic (exact) mass is 678 g/mol. The molecule has 2 heterocycles. The number of hydrogen-bond donors (Lipinski definition) is 3. The zero-order valence-corrected chi connectivity index (χ0v) is 30.4. The number of carboxylic acid groups (broad SMARTS) is 1. The molecule has 1 aliphatic heterocycles. The van der Waals surface area contributed by atoms with E-state index >= 15 is 0 Å². The normalized spacial score (nSPS) is 12.8. The lowest BCUT2D eigenvalue weighted by molar-refractivity contribution is -0.136. The van der Waals surface area contributed by atoms with Gasteiger partial charge in [-0.25, -0.2) is 8.89 Å². The molecule has 49 heavy (non-hydrogen) atoms. The van der Waals surface area contributed by atoms with E-state index < -0.39 is 22.6 Å². The van der Waals surface area contributed by atoms with E-state index in [-0.39, 0.29) is 6.42 Å². The third kappa shape index (κ3) is 8.29. The highest BCUT2D eigenvalue weighted by molar-refractivity contribution is 7.85. The number of rotatable bonds is 8. The molecular formula is C40H46N4O4S. The Kier molecular flexibility index (Phi) is 10.5. The second-order valence-electron chi connectivity index (χ2n) is 13.7. The Morgan fingerprint density at radius 2 is 1.57 bits per heavy atom. The van der Waals surface area contributed by atoms with Crippen LogP contribution < -0.4 is 9.62 Å². The molecule has 256 valence electrons. The number of anilines is 3. The van der Waals surface area contributed by atoms with E-state index in [4.69, 9.17) is 10.2 Å². The molecule has 0 spiro atoms. The maximum atomic E-state index is 13.3. The molecule has 0 radical (unpaired) electrons. The van der Waals surface area contributed by atoms with E-state index in [2.05, 4.69) is 66.8 Å². The predicted octanol–water partition coefficient (Wildman–Crippen LogP) is 8.26. The Labute approximate surface area is 292 Å².